The molecule has 1 unspecified atom stereocenters. The molecule has 0 saturated carbocycles. The quantitative estimate of drug-likeness (QED) is 0.840. The van der Waals surface area contributed by atoms with E-state index in [-0.39, 0.29) is 37.1 Å². The Morgan fingerprint density at radius 2 is 2.08 bits per heavy atom. The maximum absolute atomic E-state index is 14.4. The van der Waals surface area contributed by atoms with Gasteiger partial charge in [0.1, 0.15) is 12.4 Å². The fourth-order valence-electron chi connectivity index (χ4n) is 2.89. The maximum Gasteiger partial charge on any atom is 0.404 e. The summed E-state index contributed by atoms with van der Waals surface area (Å²) in [7, 11) is 0. The first-order valence-corrected chi connectivity index (χ1v) is 7.43. The normalized spacial score (nSPS) is 21.3. The molecule has 0 radical (unpaired) electrons. The second kappa shape index (κ2) is 6.44. The molecular weight excluding hydrogens is 321 g/mol. The third kappa shape index (κ3) is 3.16. The molecule has 1 aromatic rings. The number of carbonyl (C=O) groups excluding carboxylic acids is 2. The first kappa shape index (κ1) is 16.2. The molecule has 24 heavy (non-hydrogen) atoms. The summed E-state index contributed by atoms with van der Waals surface area (Å²) < 4.78 is 19.5. The van der Waals surface area contributed by atoms with Crippen LogP contribution in [0.25, 0.3) is 0 Å². The van der Waals surface area contributed by atoms with Gasteiger partial charge in [-0.2, -0.15) is 0 Å². The summed E-state index contributed by atoms with van der Waals surface area (Å²) in [4.78, 5) is 37.1. The monoisotopic (exact) mass is 337 g/mol. The molecule has 0 bridgehead atoms. The average molecular weight is 337 g/mol. The second-order valence-corrected chi connectivity index (χ2v) is 5.59. The Hall–Kier alpha value is -2.68. The van der Waals surface area contributed by atoms with E-state index in [0.717, 1.165) is 0 Å². The number of nitrogens with zero attached hydrogens (tertiary/aromatic N) is 2. The van der Waals surface area contributed by atoms with Gasteiger partial charge in [0.15, 0.2) is 0 Å². The van der Waals surface area contributed by atoms with Gasteiger partial charge in [0.2, 0.25) is 5.91 Å². The molecule has 0 aliphatic carbocycles. The molecule has 0 aromatic heterocycles. The highest BCUT2D eigenvalue weighted by molar-refractivity contribution is 5.98. The van der Waals surface area contributed by atoms with Crippen LogP contribution in [-0.4, -0.2) is 55.4 Å². The Balaban J connectivity index is 1.79. The molecule has 2 N–H and O–H groups in total. The lowest BCUT2D eigenvalue weighted by atomic mass is 10.2. The van der Waals surface area contributed by atoms with E-state index >= 15 is 0 Å². The maximum atomic E-state index is 14.4. The largest absolute Gasteiger partial charge is 0.465 e. The lowest BCUT2D eigenvalue weighted by Crippen LogP contribution is -2.41. The predicted octanol–water partition coefficient (Wildman–Crippen LogP) is 0.562. The fraction of sp³-hybridized carbons (Fsp3) is 0.400. The third-order valence-corrected chi connectivity index (χ3v) is 3.97. The van der Waals surface area contributed by atoms with Gasteiger partial charge in [0, 0.05) is 25.2 Å². The van der Waals surface area contributed by atoms with Crippen molar-refractivity contribution in [3.8, 4) is 0 Å². The van der Waals surface area contributed by atoms with E-state index in [1.165, 1.54) is 21.9 Å². The number of carboxylic acid groups (broad SMARTS) is 1. The average Bonchev–Trinajstić information content (AvgIpc) is 2.87. The molecule has 2 fully saturated rings. The minimum absolute atomic E-state index is 0.0184. The standard InChI is InChI=1S/C15H16FN3O5/c16-11-6-10(18-3-4-24-8-14(18)21)1-2-12(11)19-7-9(5-13(19)20)17-15(22)23/h1-2,6,9,17H,3-5,7-8H2,(H,22,23). The fourth-order valence-corrected chi connectivity index (χ4v) is 2.89. The van der Waals surface area contributed by atoms with Crippen LogP contribution < -0.4 is 15.1 Å². The Kier molecular flexibility index (Phi) is 4.34. The van der Waals surface area contributed by atoms with Gasteiger partial charge >= 0.3 is 6.09 Å². The predicted molar refractivity (Wildman–Crippen MR) is 81.5 cm³/mol. The Morgan fingerprint density at radius 3 is 2.75 bits per heavy atom. The van der Waals surface area contributed by atoms with Crippen molar-refractivity contribution in [3.63, 3.8) is 0 Å². The van der Waals surface area contributed by atoms with E-state index in [1.54, 1.807) is 6.07 Å². The van der Waals surface area contributed by atoms with Crippen LogP contribution in [-0.2, 0) is 14.3 Å². The Labute approximate surface area is 136 Å². The molecule has 0 spiro atoms. The molecule has 1 atom stereocenters. The van der Waals surface area contributed by atoms with Crippen LogP contribution in [0, 0.1) is 5.82 Å². The topological polar surface area (TPSA) is 99.2 Å². The van der Waals surface area contributed by atoms with E-state index in [2.05, 4.69) is 5.32 Å². The summed E-state index contributed by atoms with van der Waals surface area (Å²) in [6, 6.07) is 3.61. The van der Waals surface area contributed by atoms with E-state index in [0.29, 0.717) is 18.8 Å². The van der Waals surface area contributed by atoms with E-state index in [9.17, 15) is 18.8 Å². The number of morpholine rings is 1. The summed E-state index contributed by atoms with van der Waals surface area (Å²) in [6.07, 6.45) is -1.24. The minimum atomic E-state index is -1.23. The molecule has 2 heterocycles. The van der Waals surface area contributed by atoms with Crippen molar-refractivity contribution in [1.29, 1.82) is 0 Å². The SMILES string of the molecule is O=C(O)NC1CC(=O)N(c2ccc(N3CCOCC3=O)cc2F)C1. The number of hydrogen-bond acceptors (Lipinski definition) is 4. The smallest absolute Gasteiger partial charge is 0.404 e. The molecule has 1 aromatic carbocycles. The molecule has 2 aliphatic rings. The summed E-state index contributed by atoms with van der Waals surface area (Å²) in [6.45, 7) is 0.738. The zero-order chi connectivity index (χ0) is 17.3. The van der Waals surface area contributed by atoms with E-state index in [1.807, 2.05) is 0 Å². The number of benzene rings is 1. The van der Waals surface area contributed by atoms with Crippen molar-refractivity contribution in [2.45, 2.75) is 12.5 Å². The molecule has 3 amide bonds. The van der Waals surface area contributed by atoms with Crippen LogP contribution in [0.2, 0.25) is 0 Å². The molecule has 9 heteroatoms. The summed E-state index contributed by atoms with van der Waals surface area (Å²) in [5.74, 6) is -1.25. The lowest BCUT2D eigenvalue weighted by Gasteiger charge is -2.27. The van der Waals surface area contributed by atoms with Gasteiger partial charge in [0.05, 0.1) is 18.3 Å². The summed E-state index contributed by atoms with van der Waals surface area (Å²) in [5, 5.41) is 10.9. The highest BCUT2D eigenvalue weighted by Crippen LogP contribution is 2.29. The number of ether oxygens (including phenoxy) is 1. The van der Waals surface area contributed by atoms with Crippen LogP contribution >= 0.6 is 0 Å². The highest BCUT2D eigenvalue weighted by Gasteiger charge is 2.33. The summed E-state index contributed by atoms with van der Waals surface area (Å²) in [5.41, 5.74) is 0.468. The van der Waals surface area contributed by atoms with Gasteiger partial charge < -0.3 is 25.0 Å². The number of anilines is 2. The van der Waals surface area contributed by atoms with Crippen molar-refractivity contribution in [3.05, 3.63) is 24.0 Å². The lowest BCUT2D eigenvalue weighted by molar-refractivity contribution is -0.125. The van der Waals surface area contributed by atoms with E-state index < -0.39 is 18.0 Å². The zero-order valence-corrected chi connectivity index (χ0v) is 12.7. The van der Waals surface area contributed by atoms with Crippen molar-refractivity contribution in [2.75, 3.05) is 36.1 Å². The Bertz CT molecular complexity index is 696. The molecule has 8 nitrogen and oxygen atoms in total. The Morgan fingerprint density at radius 1 is 1.29 bits per heavy atom. The van der Waals surface area contributed by atoms with Crippen LogP contribution in [0.15, 0.2) is 18.2 Å². The first-order valence-electron chi connectivity index (χ1n) is 7.43. The summed E-state index contributed by atoms with van der Waals surface area (Å²) >= 11 is 0. The van der Waals surface area contributed by atoms with Crippen molar-refractivity contribution in [1.82, 2.24) is 5.32 Å². The van der Waals surface area contributed by atoms with Crippen molar-refractivity contribution in [2.24, 2.45) is 0 Å². The van der Waals surface area contributed by atoms with Gasteiger partial charge in [-0.15, -0.1) is 0 Å². The van der Waals surface area contributed by atoms with Crippen molar-refractivity contribution < 1.29 is 28.6 Å². The van der Waals surface area contributed by atoms with Crippen molar-refractivity contribution >= 4 is 29.3 Å². The van der Waals surface area contributed by atoms with Gasteiger partial charge in [-0.1, -0.05) is 0 Å². The number of hydrogen-bond donors (Lipinski definition) is 2. The van der Waals surface area contributed by atoms with Gasteiger partial charge in [-0.3, -0.25) is 9.59 Å². The van der Waals surface area contributed by atoms with Crippen LogP contribution in [0.5, 0.6) is 0 Å². The number of amides is 3. The van der Waals surface area contributed by atoms with Crippen LogP contribution in [0.4, 0.5) is 20.6 Å². The highest BCUT2D eigenvalue weighted by atomic mass is 19.1. The molecule has 3 rings (SSSR count). The molecule has 2 saturated heterocycles. The first-order chi connectivity index (χ1) is 11.5. The minimum Gasteiger partial charge on any atom is -0.465 e. The van der Waals surface area contributed by atoms with E-state index in [4.69, 9.17) is 9.84 Å². The van der Waals surface area contributed by atoms with Crippen LogP contribution in [0.3, 0.4) is 0 Å². The van der Waals surface area contributed by atoms with Gasteiger partial charge in [-0.25, -0.2) is 9.18 Å². The van der Waals surface area contributed by atoms with Crippen LogP contribution in [0.1, 0.15) is 6.42 Å². The number of halogens is 1. The third-order valence-electron chi connectivity index (χ3n) is 3.97. The molecule has 2 aliphatic heterocycles. The van der Waals surface area contributed by atoms with Gasteiger partial charge in [0.25, 0.3) is 5.91 Å². The molecule has 128 valence electrons. The number of nitrogens with one attached hydrogen (secondary N) is 1. The molecular formula is C15H16FN3O5. The number of carbonyl (C=O) groups is 3. The zero-order valence-electron chi connectivity index (χ0n) is 12.7. The number of rotatable bonds is 3. The second-order valence-electron chi connectivity index (χ2n) is 5.59. The van der Waals surface area contributed by atoms with Gasteiger partial charge in [-0.05, 0) is 18.2 Å².